The molecule has 0 spiro atoms. The fourth-order valence-electron chi connectivity index (χ4n) is 3.36. The Morgan fingerprint density at radius 3 is 2.57 bits per heavy atom. The molecule has 0 saturated heterocycles. The van der Waals surface area contributed by atoms with Gasteiger partial charge < -0.3 is 11.1 Å². The molecule has 1 amide bonds. The predicted octanol–water partition coefficient (Wildman–Crippen LogP) is 4.42. The van der Waals surface area contributed by atoms with E-state index in [0.29, 0.717) is 16.9 Å². The zero-order valence-corrected chi connectivity index (χ0v) is 16.8. The highest BCUT2D eigenvalue weighted by molar-refractivity contribution is 5.92. The van der Waals surface area contributed by atoms with Crippen LogP contribution in [0.3, 0.4) is 0 Å². The summed E-state index contributed by atoms with van der Waals surface area (Å²) >= 11 is 0. The van der Waals surface area contributed by atoms with E-state index in [0.717, 1.165) is 16.7 Å². The van der Waals surface area contributed by atoms with Gasteiger partial charge in [0.2, 0.25) is 11.9 Å². The molecule has 0 atom stereocenters. The molecule has 0 fully saturated rings. The number of fused-ring (bicyclic) bond motifs is 1. The second-order valence-electron chi connectivity index (χ2n) is 7.50. The van der Waals surface area contributed by atoms with Gasteiger partial charge in [-0.05, 0) is 52.4 Å². The van der Waals surface area contributed by atoms with E-state index in [4.69, 9.17) is 5.73 Å². The standard InChI is InChI=1S/C23H22FN5O/c1-14(2)19-8-7-18(13-20(19)24)26-22(30)11-15-3-5-16(6-4-15)17-9-10-29-21(12-17)27-23(25)28-29/h3-10,12-14H,11H2,1-2H3,(H2,25,28)(H,26,30). The largest absolute Gasteiger partial charge is 0.366 e. The summed E-state index contributed by atoms with van der Waals surface area (Å²) in [6.45, 7) is 3.86. The van der Waals surface area contributed by atoms with Crippen molar-refractivity contribution < 1.29 is 9.18 Å². The fraction of sp³-hybridized carbons (Fsp3) is 0.174. The van der Waals surface area contributed by atoms with Gasteiger partial charge in [0.15, 0.2) is 5.65 Å². The van der Waals surface area contributed by atoms with Gasteiger partial charge in [-0.2, -0.15) is 4.98 Å². The third kappa shape index (κ3) is 4.15. The first-order chi connectivity index (χ1) is 14.4. The molecule has 2 heterocycles. The SMILES string of the molecule is CC(C)c1ccc(NC(=O)Cc2ccc(-c3ccn4nc(N)nc4c3)cc2)cc1F. The van der Waals surface area contributed by atoms with E-state index < -0.39 is 0 Å². The van der Waals surface area contributed by atoms with Crippen molar-refractivity contribution in [3.05, 3.63) is 77.7 Å². The number of aromatic nitrogens is 3. The maximum Gasteiger partial charge on any atom is 0.240 e. The Balaban J connectivity index is 1.43. The summed E-state index contributed by atoms with van der Waals surface area (Å²) in [4.78, 5) is 16.5. The molecule has 0 unspecified atom stereocenters. The van der Waals surface area contributed by atoms with Crippen LogP contribution in [-0.4, -0.2) is 20.5 Å². The van der Waals surface area contributed by atoms with Gasteiger partial charge in [0, 0.05) is 11.9 Å². The van der Waals surface area contributed by atoms with E-state index >= 15 is 0 Å². The highest BCUT2D eigenvalue weighted by Gasteiger charge is 2.10. The lowest BCUT2D eigenvalue weighted by Gasteiger charge is -2.10. The number of carbonyl (C=O) groups excluding carboxylic acids is 1. The predicted molar refractivity (Wildman–Crippen MR) is 116 cm³/mol. The summed E-state index contributed by atoms with van der Waals surface area (Å²) in [7, 11) is 0. The first kappa shape index (κ1) is 19.6. The number of halogens is 1. The van der Waals surface area contributed by atoms with Crippen LogP contribution in [0.2, 0.25) is 0 Å². The van der Waals surface area contributed by atoms with Crippen LogP contribution in [0.4, 0.5) is 16.0 Å². The number of nitrogen functional groups attached to an aromatic ring is 1. The van der Waals surface area contributed by atoms with Crippen LogP contribution in [0, 0.1) is 5.82 Å². The van der Waals surface area contributed by atoms with Crippen LogP contribution in [0.15, 0.2) is 60.8 Å². The summed E-state index contributed by atoms with van der Waals surface area (Å²) in [6.07, 6.45) is 2.01. The van der Waals surface area contributed by atoms with Crippen LogP contribution in [-0.2, 0) is 11.2 Å². The molecule has 4 rings (SSSR count). The van der Waals surface area contributed by atoms with E-state index in [1.807, 2.05) is 50.2 Å². The first-order valence-corrected chi connectivity index (χ1v) is 9.69. The smallest absolute Gasteiger partial charge is 0.240 e. The number of nitrogens with two attached hydrogens (primary N) is 1. The molecule has 0 aliphatic carbocycles. The summed E-state index contributed by atoms with van der Waals surface area (Å²) in [5, 5.41) is 6.82. The lowest BCUT2D eigenvalue weighted by Crippen LogP contribution is -2.14. The van der Waals surface area contributed by atoms with Gasteiger partial charge in [-0.15, -0.1) is 5.10 Å². The number of nitrogens with one attached hydrogen (secondary N) is 1. The minimum atomic E-state index is -0.307. The van der Waals surface area contributed by atoms with Gasteiger partial charge in [-0.1, -0.05) is 44.2 Å². The van der Waals surface area contributed by atoms with Gasteiger partial charge >= 0.3 is 0 Å². The van der Waals surface area contributed by atoms with Gasteiger partial charge in [0.1, 0.15) is 5.82 Å². The number of carbonyl (C=O) groups is 1. The number of benzene rings is 2. The van der Waals surface area contributed by atoms with E-state index in [-0.39, 0.29) is 30.0 Å². The van der Waals surface area contributed by atoms with Crippen molar-refractivity contribution in [3.63, 3.8) is 0 Å². The molecule has 4 aromatic rings. The molecule has 6 nitrogen and oxygen atoms in total. The van der Waals surface area contributed by atoms with Crippen molar-refractivity contribution >= 4 is 23.2 Å². The summed E-state index contributed by atoms with van der Waals surface area (Å²) in [5.41, 5.74) is 10.2. The molecule has 2 aromatic heterocycles. The zero-order valence-electron chi connectivity index (χ0n) is 16.8. The molecule has 3 N–H and O–H groups in total. The Morgan fingerprint density at radius 1 is 1.10 bits per heavy atom. The fourth-order valence-corrected chi connectivity index (χ4v) is 3.36. The van der Waals surface area contributed by atoms with Crippen molar-refractivity contribution in [1.82, 2.24) is 14.6 Å². The van der Waals surface area contributed by atoms with Crippen LogP contribution >= 0.6 is 0 Å². The molecule has 7 heteroatoms. The van der Waals surface area contributed by atoms with Gasteiger partial charge in [-0.25, -0.2) is 8.91 Å². The quantitative estimate of drug-likeness (QED) is 0.516. The van der Waals surface area contributed by atoms with E-state index in [2.05, 4.69) is 15.4 Å². The van der Waals surface area contributed by atoms with Crippen molar-refractivity contribution in [2.75, 3.05) is 11.1 Å². The van der Waals surface area contributed by atoms with E-state index in [1.165, 1.54) is 6.07 Å². The zero-order chi connectivity index (χ0) is 21.3. The number of nitrogens with zero attached hydrogens (tertiary/aromatic N) is 3. The Morgan fingerprint density at radius 2 is 1.87 bits per heavy atom. The van der Waals surface area contributed by atoms with Crippen molar-refractivity contribution in [3.8, 4) is 11.1 Å². The molecule has 0 aliphatic heterocycles. The Hall–Kier alpha value is -3.74. The maximum absolute atomic E-state index is 14.1. The maximum atomic E-state index is 14.1. The van der Waals surface area contributed by atoms with Crippen LogP contribution < -0.4 is 11.1 Å². The topological polar surface area (TPSA) is 85.3 Å². The number of pyridine rings is 1. The highest BCUT2D eigenvalue weighted by Crippen LogP contribution is 2.23. The minimum absolute atomic E-state index is 0.0936. The van der Waals surface area contributed by atoms with Crippen LogP contribution in [0.1, 0.15) is 30.9 Å². The number of amides is 1. The summed E-state index contributed by atoms with van der Waals surface area (Å²) in [5.74, 6) is -0.179. The average molecular weight is 403 g/mol. The summed E-state index contributed by atoms with van der Waals surface area (Å²) < 4.78 is 15.7. The molecule has 0 saturated carbocycles. The van der Waals surface area contributed by atoms with Crippen LogP contribution in [0.5, 0.6) is 0 Å². The van der Waals surface area contributed by atoms with Crippen molar-refractivity contribution in [2.45, 2.75) is 26.2 Å². The third-order valence-electron chi connectivity index (χ3n) is 4.91. The average Bonchev–Trinajstić information content (AvgIpc) is 3.07. The Labute approximate surface area is 173 Å². The monoisotopic (exact) mass is 403 g/mol. The van der Waals surface area contributed by atoms with E-state index in [9.17, 15) is 9.18 Å². The number of hydrogen-bond acceptors (Lipinski definition) is 4. The minimum Gasteiger partial charge on any atom is -0.366 e. The van der Waals surface area contributed by atoms with Gasteiger partial charge in [0.05, 0.1) is 6.42 Å². The van der Waals surface area contributed by atoms with Crippen LogP contribution in [0.25, 0.3) is 16.8 Å². The Kier molecular flexibility index (Phi) is 5.18. The number of hydrogen-bond donors (Lipinski definition) is 2. The number of anilines is 2. The molecule has 2 aromatic carbocycles. The molecule has 30 heavy (non-hydrogen) atoms. The molecular weight excluding hydrogens is 381 g/mol. The highest BCUT2D eigenvalue weighted by atomic mass is 19.1. The van der Waals surface area contributed by atoms with Gasteiger partial charge in [0.25, 0.3) is 0 Å². The van der Waals surface area contributed by atoms with E-state index in [1.54, 1.807) is 22.8 Å². The second kappa shape index (κ2) is 7.94. The lowest BCUT2D eigenvalue weighted by atomic mass is 10.0. The van der Waals surface area contributed by atoms with Gasteiger partial charge in [-0.3, -0.25) is 4.79 Å². The van der Waals surface area contributed by atoms with Crippen molar-refractivity contribution in [2.24, 2.45) is 0 Å². The first-order valence-electron chi connectivity index (χ1n) is 9.69. The molecule has 0 radical (unpaired) electrons. The van der Waals surface area contributed by atoms with Crippen molar-refractivity contribution in [1.29, 1.82) is 0 Å². The normalized spacial score (nSPS) is 11.2. The lowest BCUT2D eigenvalue weighted by molar-refractivity contribution is -0.115. The molecule has 0 bridgehead atoms. The molecular formula is C23H22FN5O. The molecule has 152 valence electrons. The number of rotatable bonds is 5. The summed E-state index contributed by atoms with van der Waals surface area (Å²) in [6, 6.07) is 16.3. The molecule has 0 aliphatic rings. The third-order valence-corrected chi connectivity index (χ3v) is 4.91. The second-order valence-corrected chi connectivity index (χ2v) is 7.50. The Bertz CT molecular complexity index is 1210.